The van der Waals surface area contributed by atoms with Crippen LogP contribution in [0.2, 0.25) is 0 Å². The zero-order valence-corrected chi connectivity index (χ0v) is 14.1. The predicted octanol–water partition coefficient (Wildman–Crippen LogP) is 6.08. The molecule has 0 radical (unpaired) electrons. The van der Waals surface area contributed by atoms with Gasteiger partial charge in [0.25, 0.3) is 0 Å². The molecule has 0 fully saturated rings. The van der Waals surface area contributed by atoms with Gasteiger partial charge >= 0.3 is 0 Å². The topological polar surface area (TPSA) is 25.5 Å². The van der Waals surface area contributed by atoms with Crippen molar-refractivity contribution >= 4 is 27.8 Å². The van der Waals surface area contributed by atoms with Gasteiger partial charge in [0.2, 0.25) is 0 Å². The molecule has 22 heavy (non-hydrogen) atoms. The lowest BCUT2D eigenvalue weighted by atomic mass is 10.1. The molecule has 1 aromatic heterocycles. The van der Waals surface area contributed by atoms with Gasteiger partial charge in [-0.25, -0.2) is 0 Å². The van der Waals surface area contributed by atoms with Crippen LogP contribution in [0.1, 0.15) is 16.9 Å². The van der Waals surface area contributed by atoms with E-state index in [1.165, 1.54) is 5.56 Å². The van der Waals surface area contributed by atoms with Gasteiger partial charge in [-0.15, -0.1) is 0 Å². The van der Waals surface area contributed by atoms with Gasteiger partial charge in [0.15, 0.2) is 0 Å². The van der Waals surface area contributed by atoms with Gasteiger partial charge < -0.3 is 4.42 Å². The van der Waals surface area contributed by atoms with Crippen molar-refractivity contribution in [2.24, 2.45) is 4.99 Å². The lowest BCUT2D eigenvalue weighted by Crippen LogP contribution is -1.79. The molecule has 3 heteroatoms. The summed E-state index contributed by atoms with van der Waals surface area (Å²) < 4.78 is 6.90. The molecule has 0 amide bonds. The molecule has 3 aromatic rings. The van der Waals surface area contributed by atoms with Gasteiger partial charge in [-0.2, -0.15) is 0 Å². The Kier molecular flexibility index (Phi) is 4.25. The largest absolute Gasteiger partial charge is 0.455 e. The Morgan fingerprint density at radius 1 is 1.00 bits per heavy atom. The van der Waals surface area contributed by atoms with E-state index in [0.717, 1.165) is 32.8 Å². The van der Waals surface area contributed by atoms with Crippen LogP contribution in [0.15, 0.2) is 68.5 Å². The first-order valence-electron chi connectivity index (χ1n) is 7.09. The number of benzene rings is 2. The fraction of sp³-hybridized carbons (Fsp3) is 0.105. The standard InChI is InChI=1S/C19H16BrNO/c1-13-7-9-16(17(20)11-13)19-10-8-15(22-19)12-21-18-6-4-3-5-14(18)2/h3-12H,1-2H3. The Labute approximate surface area is 138 Å². The molecule has 0 bridgehead atoms. The second-order valence-corrected chi connectivity index (χ2v) is 6.08. The average molecular weight is 354 g/mol. The third kappa shape index (κ3) is 3.20. The zero-order chi connectivity index (χ0) is 15.5. The van der Waals surface area contributed by atoms with Crippen LogP contribution in [0, 0.1) is 13.8 Å². The zero-order valence-electron chi connectivity index (χ0n) is 12.5. The summed E-state index contributed by atoms with van der Waals surface area (Å²) >= 11 is 3.58. The summed E-state index contributed by atoms with van der Waals surface area (Å²) in [7, 11) is 0. The maximum absolute atomic E-state index is 5.87. The smallest absolute Gasteiger partial charge is 0.145 e. The first-order valence-corrected chi connectivity index (χ1v) is 7.89. The highest BCUT2D eigenvalue weighted by Gasteiger charge is 2.07. The van der Waals surface area contributed by atoms with E-state index in [2.05, 4.69) is 46.0 Å². The third-order valence-electron chi connectivity index (χ3n) is 3.46. The molecular weight excluding hydrogens is 338 g/mol. The average Bonchev–Trinajstić information content (AvgIpc) is 2.95. The molecule has 0 atom stereocenters. The van der Waals surface area contributed by atoms with Crippen molar-refractivity contribution < 1.29 is 4.42 Å². The van der Waals surface area contributed by atoms with E-state index in [-0.39, 0.29) is 0 Å². The maximum atomic E-state index is 5.87. The van der Waals surface area contributed by atoms with Crippen molar-refractivity contribution in [2.45, 2.75) is 13.8 Å². The molecule has 0 saturated carbocycles. The van der Waals surface area contributed by atoms with Crippen molar-refractivity contribution in [3.63, 3.8) is 0 Å². The van der Waals surface area contributed by atoms with Crippen LogP contribution in [0.4, 0.5) is 5.69 Å². The molecule has 110 valence electrons. The van der Waals surface area contributed by atoms with E-state index >= 15 is 0 Å². The minimum atomic E-state index is 0.741. The van der Waals surface area contributed by atoms with Crippen molar-refractivity contribution in [1.82, 2.24) is 0 Å². The number of hydrogen-bond donors (Lipinski definition) is 0. The first-order chi connectivity index (χ1) is 10.6. The van der Waals surface area contributed by atoms with E-state index in [4.69, 9.17) is 4.42 Å². The number of para-hydroxylation sites is 1. The summed E-state index contributed by atoms with van der Waals surface area (Å²) in [6, 6.07) is 18.1. The van der Waals surface area contributed by atoms with Crippen LogP contribution >= 0.6 is 15.9 Å². The number of furan rings is 1. The van der Waals surface area contributed by atoms with Gasteiger partial charge in [-0.3, -0.25) is 4.99 Å². The number of rotatable bonds is 3. The van der Waals surface area contributed by atoms with Crippen molar-refractivity contribution in [1.29, 1.82) is 0 Å². The molecule has 2 aromatic carbocycles. The van der Waals surface area contributed by atoms with Gasteiger partial charge in [-0.1, -0.05) is 40.2 Å². The minimum absolute atomic E-state index is 0.741. The van der Waals surface area contributed by atoms with E-state index in [9.17, 15) is 0 Å². The summed E-state index contributed by atoms with van der Waals surface area (Å²) in [6.07, 6.45) is 1.76. The summed E-state index contributed by atoms with van der Waals surface area (Å²) in [4.78, 5) is 4.49. The van der Waals surface area contributed by atoms with Gasteiger partial charge in [0, 0.05) is 10.0 Å². The second-order valence-electron chi connectivity index (χ2n) is 5.23. The summed E-state index contributed by atoms with van der Waals surface area (Å²) in [5, 5.41) is 0. The Balaban J connectivity index is 1.86. The van der Waals surface area contributed by atoms with Crippen LogP contribution < -0.4 is 0 Å². The highest BCUT2D eigenvalue weighted by Crippen LogP contribution is 2.30. The van der Waals surface area contributed by atoms with Crippen LogP contribution in [0.5, 0.6) is 0 Å². The highest BCUT2D eigenvalue weighted by molar-refractivity contribution is 9.10. The minimum Gasteiger partial charge on any atom is -0.455 e. The Hall–Kier alpha value is -2.13. The van der Waals surface area contributed by atoms with E-state index in [1.807, 2.05) is 43.3 Å². The molecule has 0 aliphatic rings. The number of aryl methyl sites for hydroxylation is 2. The van der Waals surface area contributed by atoms with Crippen LogP contribution in [-0.4, -0.2) is 6.21 Å². The van der Waals surface area contributed by atoms with E-state index in [0.29, 0.717) is 0 Å². The number of nitrogens with zero attached hydrogens (tertiary/aromatic N) is 1. The lowest BCUT2D eigenvalue weighted by molar-refractivity contribution is 0.575. The Morgan fingerprint density at radius 3 is 2.59 bits per heavy atom. The number of aliphatic imine (C=N–C) groups is 1. The Bertz CT molecular complexity index is 833. The summed E-state index contributed by atoms with van der Waals surface area (Å²) in [5.74, 6) is 1.57. The molecule has 0 aliphatic carbocycles. The summed E-state index contributed by atoms with van der Waals surface area (Å²) in [5.41, 5.74) is 4.36. The van der Waals surface area contributed by atoms with Crippen molar-refractivity contribution in [3.05, 3.63) is 76.0 Å². The molecule has 2 nitrogen and oxygen atoms in total. The maximum Gasteiger partial charge on any atom is 0.145 e. The van der Waals surface area contributed by atoms with Crippen molar-refractivity contribution in [2.75, 3.05) is 0 Å². The number of hydrogen-bond acceptors (Lipinski definition) is 2. The summed E-state index contributed by atoms with van der Waals surface area (Å²) in [6.45, 7) is 4.11. The third-order valence-corrected chi connectivity index (χ3v) is 4.12. The first kappa shape index (κ1) is 14.8. The molecule has 1 heterocycles. The second kappa shape index (κ2) is 6.32. The molecule has 3 rings (SSSR count). The van der Waals surface area contributed by atoms with Gasteiger partial charge in [0.1, 0.15) is 11.5 Å². The molecule has 0 aliphatic heterocycles. The monoisotopic (exact) mass is 353 g/mol. The molecule has 0 spiro atoms. The highest BCUT2D eigenvalue weighted by atomic mass is 79.9. The van der Waals surface area contributed by atoms with Crippen molar-refractivity contribution in [3.8, 4) is 11.3 Å². The molecule has 0 unspecified atom stereocenters. The van der Waals surface area contributed by atoms with Crippen LogP contribution in [-0.2, 0) is 0 Å². The van der Waals surface area contributed by atoms with Crippen LogP contribution in [0.25, 0.3) is 11.3 Å². The number of halogens is 1. The fourth-order valence-corrected chi connectivity index (χ4v) is 2.92. The Morgan fingerprint density at radius 2 is 1.82 bits per heavy atom. The molecule has 0 saturated heterocycles. The van der Waals surface area contributed by atoms with Gasteiger partial charge in [-0.05, 0) is 55.3 Å². The van der Waals surface area contributed by atoms with Crippen LogP contribution in [0.3, 0.4) is 0 Å². The fourth-order valence-electron chi connectivity index (χ4n) is 2.23. The SMILES string of the molecule is Cc1ccc(-c2ccc(C=Nc3ccccc3C)o2)c(Br)c1. The molecule has 0 N–H and O–H groups in total. The quantitative estimate of drug-likeness (QED) is 0.524. The van der Waals surface area contributed by atoms with E-state index < -0.39 is 0 Å². The molecular formula is C19H16BrNO. The van der Waals surface area contributed by atoms with E-state index in [1.54, 1.807) is 6.21 Å². The lowest BCUT2D eigenvalue weighted by Gasteiger charge is -2.02. The normalized spacial score (nSPS) is 11.2. The van der Waals surface area contributed by atoms with Gasteiger partial charge in [0.05, 0.1) is 11.9 Å². The predicted molar refractivity (Wildman–Crippen MR) is 95.0 cm³/mol.